The maximum Gasteiger partial charge on any atom is 0.433 e. The van der Waals surface area contributed by atoms with Crippen molar-refractivity contribution in [1.82, 2.24) is 4.98 Å². The van der Waals surface area contributed by atoms with Gasteiger partial charge in [-0.05, 0) is 53.8 Å². The second-order valence-corrected chi connectivity index (χ2v) is 12.1. The molecular formula is C25H26F3N3O4S2. The van der Waals surface area contributed by atoms with E-state index in [1.54, 1.807) is 43.3 Å². The molecular weight excluding hydrogens is 527 g/mol. The van der Waals surface area contributed by atoms with Crippen LogP contribution < -0.4 is 9.62 Å². The van der Waals surface area contributed by atoms with E-state index in [1.165, 1.54) is 17.5 Å². The van der Waals surface area contributed by atoms with Crippen LogP contribution in [0.4, 0.5) is 30.4 Å². The van der Waals surface area contributed by atoms with Crippen molar-refractivity contribution >= 4 is 39.3 Å². The maximum absolute atomic E-state index is 14.0. The van der Waals surface area contributed by atoms with E-state index >= 15 is 0 Å². The number of alkyl halides is 3. The SMILES string of the molecule is COOSc1ccc2c(c1C)N(S(=O)(=O)c1ccc(C(C)(C)C)cc1)Cc1ccc(C(F)(F)F)nc1N2. The fourth-order valence-electron chi connectivity index (χ4n) is 3.97. The Morgan fingerprint density at radius 2 is 1.70 bits per heavy atom. The summed E-state index contributed by atoms with van der Waals surface area (Å²) in [5, 5.41) is 2.92. The zero-order valence-electron chi connectivity index (χ0n) is 20.8. The first-order valence-electron chi connectivity index (χ1n) is 11.2. The van der Waals surface area contributed by atoms with Gasteiger partial charge in [-0.15, -0.1) is 0 Å². The monoisotopic (exact) mass is 553 g/mol. The zero-order chi connectivity index (χ0) is 27.2. The number of pyridine rings is 1. The summed E-state index contributed by atoms with van der Waals surface area (Å²) in [4.78, 5) is 9.06. The van der Waals surface area contributed by atoms with Crippen LogP contribution >= 0.6 is 12.0 Å². The molecule has 0 unspecified atom stereocenters. The molecule has 37 heavy (non-hydrogen) atoms. The molecule has 1 N–H and O–H groups in total. The number of nitrogens with zero attached hydrogens (tertiary/aromatic N) is 2. The van der Waals surface area contributed by atoms with Crippen molar-refractivity contribution in [2.45, 2.75) is 55.6 Å². The number of hydrogen-bond donors (Lipinski definition) is 1. The Kier molecular flexibility index (Phi) is 7.23. The van der Waals surface area contributed by atoms with Crippen molar-refractivity contribution in [3.8, 4) is 0 Å². The van der Waals surface area contributed by atoms with Gasteiger partial charge in [-0.2, -0.15) is 17.5 Å². The van der Waals surface area contributed by atoms with Gasteiger partial charge in [0.1, 0.15) is 11.5 Å². The molecule has 2 heterocycles. The molecule has 12 heteroatoms. The highest BCUT2D eigenvalue weighted by atomic mass is 32.2. The van der Waals surface area contributed by atoms with Crippen LogP contribution in [0.1, 0.15) is 43.2 Å². The highest BCUT2D eigenvalue weighted by Crippen LogP contribution is 2.44. The number of benzene rings is 2. The first-order valence-corrected chi connectivity index (χ1v) is 13.4. The summed E-state index contributed by atoms with van der Waals surface area (Å²) in [6.45, 7) is 7.55. The van der Waals surface area contributed by atoms with Crippen LogP contribution in [0.25, 0.3) is 0 Å². The molecule has 4 rings (SSSR count). The molecule has 0 bridgehead atoms. The third-order valence-electron chi connectivity index (χ3n) is 5.97. The van der Waals surface area contributed by atoms with E-state index in [-0.39, 0.29) is 28.4 Å². The molecule has 1 aliphatic rings. The molecule has 2 aromatic carbocycles. The molecule has 0 atom stereocenters. The van der Waals surface area contributed by atoms with Crippen molar-refractivity contribution in [2.75, 3.05) is 16.7 Å². The van der Waals surface area contributed by atoms with E-state index in [4.69, 9.17) is 4.33 Å². The fourth-order valence-corrected chi connectivity index (χ4v) is 5.97. The topological polar surface area (TPSA) is 80.8 Å². The Labute approximate surface area is 218 Å². The molecule has 1 aliphatic heterocycles. The Hall–Kier alpha value is -2.80. The zero-order valence-corrected chi connectivity index (χ0v) is 22.4. The standard InChI is InChI=1S/C25H26F3N3O4S2/c1-15-20(36-35-34-5)12-11-19-22(15)31(14-16-6-13-21(25(26,27)28)30-23(16)29-19)37(32,33)18-9-7-17(8-10-18)24(2,3)4/h6-13H,14H2,1-5H3,(H,29,30). The summed E-state index contributed by atoms with van der Waals surface area (Å²) < 4.78 is 74.3. The van der Waals surface area contributed by atoms with Gasteiger partial charge in [0, 0.05) is 10.5 Å². The lowest BCUT2D eigenvalue weighted by Gasteiger charge is -2.27. The number of anilines is 3. The van der Waals surface area contributed by atoms with E-state index < -0.39 is 21.9 Å². The number of rotatable bonds is 5. The molecule has 0 aliphatic carbocycles. The third kappa shape index (κ3) is 5.42. The molecule has 0 fully saturated rings. The van der Waals surface area contributed by atoms with Gasteiger partial charge in [0.2, 0.25) is 0 Å². The average Bonchev–Trinajstić information content (AvgIpc) is 2.99. The molecule has 0 amide bonds. The van der Waals surface area contributed by atoms with Crippen molar-refractivity contribution in [1.29, 1.82) is 0 Å². The van der Waals surface area contributed by atoms with E-state index in [2.05, 4.69) is 15.2 Å². The lowest BCUT2D eigenvalue weighted by atomic mass is 9.87. The number of aromatic nitrogens is 1. The van der Waals surface area contributed by atoms with Crippen LogP contribution in [0, 0.1) is 6.92 Å². The summed E-state index contributed by atoms with van der Waals surface area (Å²) in [6.07, 6.45) is -4.65. The molecule has 1 aromatic heterocycles. The Bertz CT molecular complexity index is 1420. The second kappa shape index (κ2) is 9.82. The molecule has 0 spiro atoms. The number of fused-ring (bicyclic) bond motifs is 2. The van der Waals surface area contributed by atoms with E-state index in [0.29, 0.717) is 21.7 Å². The lowest BCUT2D eigenvalue weighted by Crippen LogP contribution is -2.31. The van der Waals surface area contributed by atoms with Gasteiger partial charge >= 0.3 is 6.18 Å². The predicted octanol–water partition coefficient (Wildman–Crippen LogP) is 6.74. The Morgan fingerprint density at radius 3 is 2.30 bits per heavy atom. The molecule has 0 saturated heterocycles. The number of hydrogen-bond acceptors (Lipinski definition) is 7. The van der Waals surface area contributed by atoms with Gasteiger partial charge < -0.3 is 5.32 Å². The van der Waals surface area contributed by atoms with Gasteiger partial charge in [0.05, 0.1) is 42.0 Å². The summed E-state index contributed by atoms with van der Waals surface area (Å²) in [5.74, 6) is -0.0650. The largest absolute Gasteiger partial charge is 0.433 e. The van der Waals surface area contributed by atoms with Gasteiger partial charge in [-0.25, -0.2) is 18.3 Å². The minimum Gasteiger partial charge on any atom is -0.338 e. The molecule has 7 nitrogen and oxygen atoms in total. The van der Waals surface area contributed by atoms with Crippen molar-refractivity contribution < 1.29 is 30.8 Å². The van der Waals surface area contributed by atoms with Gasteiger partial charge in [-0.1, -0.05) is 39.0 Å². The summed E-state index contributed by atoms with van der Waals surface area (Å²) >= 11 is 0.894. The van der Waals surface area contributed by atoms with Gasteiger partial charge in [0.15, 0.2) is 0 Å². The van der Waals surface area contributed by atoms with Crippen molar-refractivity contribution in [3.05, 3.63) is 70.9 Å². The van der Waals surface area contributed by atoms with E-state index in [1.807, 2.05) is 20.8 Å². The minimum atomic E-state index is -4.65. The first-order chi connectivity index (χ1) is 17.2. The van der Waals surface area contributed by atoms with Gasteiger partial charge in [-0.3, -0.25) is 4.31 Å². The maximum atomic E-state index is 14.0. The smallest absolute Gasteiger partial charge is 0.338 e. The fraction of sp³-hybridized carbons (Fsp3) is 0.320. The first kappa shape index (κ1) is 27.2. The Balaban J connectivity index is 1.89. The normalized spacial score (nSPS) is 14.0. The number of sulfonamides is 1. The summed E-state index contributed by atoms with van der Waals surface area (Å²) in [5.41, 5.74) is 1.10. The molecule has 0 saturated carbocycles. The Morgan fingerprint density at radius 1 is 1.03 bits per heavy atom. The molecule has 3 aromatic rings. The highest BCUT2D eigenvalue weighted by Gasteiger charge is 2.36. The molecule has 0 radical (unpaired) electrons. The van der Waals surface area contributed by atoms with E-state index in [0.717, 1.165) is 23.7 Å². The minimum absolute atomic E-state index is 0.0559. The van der Waals surface area contributed by atoms with E-state index in [9.17, 15) is 21.6 Å². The second-order valence-electron chi connectivity index (χ2n) is 9.52. The highest BCUT2D eigenvalue weighted by molar-refractivity contribution is 7.94. The quantitative estimate of drug-likeness (QED) is 0.213. The average molecular weight is 554 g/mol. The lowest BCUT2D eigenvalue weighted by molar-refractivity contribution is -0.160. The van der Waals surface area contributed by atoms with Crippen LogP contribution in [-0.4, -0.2) is 20.5 Å². The predicted molar refractivity (Wildman–Crippen MR) is 136 cm³/mol. The third-order valence-corrected chi connectivity index (χ3v) is 8.55. The van der Waals surface area contributed by atoms with Crippen molar-refractivity contribution in [2.24, 2.45) is 0 Å². The number of halogens is 3. The molecule has 198 valence electrons. The van der Waals surface area contributed by atoms with Crippen LogP contribution in [0.15, 0.2) is 58.3 Å². The van der Waals surface area contributed by atoms with Crippen LogP contribution in [0.2, 0.25) is 0 Å². The summed E-state index contributed by atoms with van der Waals surface area (Å²) in [6, 6.07) is 11.9. The summed E-state index contributed by atoms with van der Waals surface area (Å²) in [7, 11) is -2.80. The van der Waals surface area contributed by atoms with Crippen LogP contribution in [0.3, 0.4) is 0 Å². The van der Waals surface area contributed by atoms with Crippen LogP contribution in [-0.2, 0) is 37.4 Å². The van der Waals surface area contributed by atoms with Crippen LogP contribution in [0.5, 0.6) is 0 Å². The van der Waals surface area contributed by atoms with Gasteiger partial charge in [0.25, 0.3) is 10.0 Å². The number of nitrogens with one attached hydrogen (secondary N) is 1. The van der Waals surface area contributed by atoms with Crippen molar-refractivity contribution in [3.63, 3.8) is 0 Å².